The first-order valence-electron chi connectivity index (χ1n) is 10.6. The minimum absolute atomic E-state index is 0.187. The van der Waals surface area contributed by atoms with Crippen LogP contribution in [0.2, 0.25) is 0 Å². The van der Waals surface area contributed by atoms with Crippen LogP contribution in [0.25, 0.3) is 0 Å². The van der Waals surface area contributed by atoms with Crippen LogP contribution in [0.1, 0.15) is 56.7 Å². The molecule has 152 valence electrons. The van der Waals surface area contributed by atoms with Gasteiger partial charge in [-0.3, -0.25) is 4.90 Å². The number of likely N-dealkylation sites (tertiary alicyclic amines) is 1. The second kappa shape index (κ2) is 9.11. The third-order valence-electron chi connectivity index (χ3n) is 5.99. The highest BCUT2D eigenvalue weighted by atomic mass is 16.3. The van der Waals surface area contributed by atoms with Crippen molar-refractivity contribution in [1.29, 1.82) is 0 Å². The fourth-order valence-corrected chi connectivity index (χ4v) is 4.17. The molecule has 0 aromatic heterocycles. The lowest BCUT2D eigenvalue weighted by Crippen LogP contribution is -2.31. The van der Waals surface area contributed by atoms with E-state index in [1.54, 1.807) is 6.07 Å². The van der Waals surface area contributed by atoms with Gasteiger partial charge in [-0.2, -0.15) is 0 Å². The molecule has 3 heteroatoms. The number of phenols is 1. The Bertz CT molecular complexity index is 748. The van der Waals surface area contributed by atoms with E-state index in [2.05, 4.69) is 68.0 Å². The lowest BCUT2D eigenvalue weighted by atomic mass is 9.87. The number of aromatic hydroxyl groups is 1. The van der Waals surface area contributed by atoms with Gasteiger partial charge in [-0.25, -0.2) is 0 Å². The van der Waals surface area contributed by atoms with Gasteiger partial charge in [0, 0.05) is 25.7 Å². The van der Waals surface area contributed by atoms with Gasteiger partial charge >= 0.3 is 0 Å². The first kappa shape index (κ1) is 20.9. The molecule has 3 nitrogen and oxygen atoms in total. The lowest BCUT2D eigenvalue weighted by Gasteiger charge is -2.27. The summed E-state index contributed by atoms with van der Waals surface area (Å²) in [5.74, 6) is 0.350. The second-order valence-corrected chi connectivity index (χ2v) is 9.39. The summed E-state index contributed by atoms with van der Waals surface area (Å²) in [5, 5.41) is 9.83. The van der Waals surface area contributed by atoms with E-state index in [0.29, 0.717) is 11.8 Å². The molecule has 3 rings (SSSR count). The van der Waals surface area contributed by atoms with Crippen LogP contribution in [0.5, 0.6) is 5.75 Å². The Balaban J connectivity index is 1.69. The number of hydrogen-bond acceptors (Lipinski definition) is 3. The van der Waals surface area contributed by atoms with Gasteiger partial charge < -0.3 is 10.0 Å². The third kappa shape index (κ3) is 5.83. The summed E-state index contributed by atoms with van der Waals surface area (Å²) in [7, 11) is 2.25. The van der Waals surface area contributed by atoms with Crippen molar-refractivity contribution in [3.8, 4) is 5.75 Å². The zero-order valence-electron chi connectivity index (χ0n) is 18.0. The average Bonchev–Trinajstić information content (AvgIpc) is 3.04. The predicted octanol–water partition coefficient (Wildman–Crippen LogP) is 5.18. The molecule has 1 saturated heterocycles. The maximum absolute atomic E-state index is 9.83. The van der Waals surface area contributed by atoms with Gasteiger partial charge in [-0.05, 0) is 67.1 Å². The van der Waals surface area contributed by atoms with Crippen LogP contribution in [-0.2, 0) is 18.5 Å². The normalized spacial score (nSPS) is 18.1. The van der Waals surface area contributed by atoms with Crippen molar-refractivity contribution in [2.45, 2.75) is 64.6 Å². The summed E-state index contributed by atoms with van der Waals surface area (Å²) < 4.78 is 0. The van der Waals surface area contributed by atoms with Crippen molar-refractivity contribution in [2.75, 3.05) is 20.1 Å². The zero-order chi connectivity index (χ0) is 20.1. The average molecular weight is 381 g/mol. The molecule has 1 aliphatic heterocycles. The van der Waals surface area contributed by atoms with Crippen LogP contribution in [-0.4, -0.2) is 41.1 Å². The smallest absolute Gasteiger partial charge is 0.115 e. The summed E-state index contributed by atoms with van der Waals surface area (Å²) in [6.45, 7) is 10.9. The van der Waals surface area contributed by atoms with Crippen molar-refractivity contribution in [3.63, 3.8) is 0 Å². The molecule has 0 spiro atoms. The lowest BCUT2D eigenvalue weighted by molar-refractivity contribution is 0.211. The molecule has 0 bridgehead atoms. The van der Waals surface area contributed by atoms with Gasteiger partial charge in [0.15, 0.2) is 0 Å². The molecular weight excluding hydrogens is 344 g/mol. The molecule has 1 fully saturated rings. The minimum Gasteiger partial charge on any atom is -0.508 e. The van der Waals surface area contributed by atoms with Crippen molar-refractivity contribution < 1.29 is 5.11 Å². The third-order valence-corrected chi connectivity index (χ3v) is 5.99. The van der Waals surface area contributed by atoms with Crippen LogP contribution in [0.15, 0.2) is 48.5 Å². The number of rotatable bonds is 7. The van der Waals surface area contributed by atoms with Crippen LogP contribution < -0.4 is 0 Å². The van der Waals surface area contributed by atoms with Gasteiger partial charge in [0.1, 0.15) is 5.75 Å². The highest BCUT2D eigenvalue weighted by Crippen LogP contribution is 2.24. The Hall–Kier alpha value is -1.84. The van der Waals surface area contributed by atoms with E-state index in [-0.39, 0.29) is 5.41 Å². The van der Waals surface area contributed by atoms with Crippen molar-refractivity contribution in [2.24, 2.45) is 0 Å². The van der Waals surface area contributed by atoms with Gasteiger partial charge in [0.05, 0.1) is 0 Å². The largest absolute Gasteiger partial charge is 0.508 e. The second-order valence-electron chi connectivity index (χ2n) is 9.39. The van der Waals surface area contributed by atoms with E-state index in [4.69, 9.17) is 0 Å². The molecule has 0 aliphatic carbocycles. The summed E-state index contributed by atoms with van der Waals surface area (Å²) in [6.07, 6.45) is 3.84. The van der Waals surface area contributed by atoms with E-state index < -0.39 is 0 Å². The first-order valence-corrected chi connectivity index (χ1v) is 10.6. The zero-order valence-corrected chi connectivity index (χ0v) is 18.0. The van der Waals surface area contributed by atoms with E-state index in [1.807, 2.05) is 12.1 Å². The van der Waals surface area contributed by atoms with Crippen LogP contribution in [0.4, 0.5) is 0 Å². The monoisotopic (exact) mass is 380 g/mol. The van der Waals surface area contributed by atoms with Gasteiger partial charge in [-0.15, -0.1) is 0 Å². The molecule has 0 saturated carbocycles. The van der Waals surface area contributed by atoms with Crippen LogP contribution in [0, 0.1) is 0 Å². The topological polar surface area (TPSA) is 26.7 Å². The van der Waals surface area contributed by atoms with E-state index in [0.717, 1.165) is 19.6 Å². The maximum Gasteiger partial charge on any atom is 0.115 e. The van der Waals surface area contributed by atoms with Crippen LogP contribution >= 0.6 is 0 Å². The highest BCUT2D eigenvalue weighted by Gasteiger charge is 2.21. The molecule has 0 amide bonds. The summed E-state index contributed by atoms with van der Waals surface area (Å²) in [6, 6.07) is 17.5. The Labute approximate surface area is 171 Å². The standard InChI is InChI=1S/C25H36N2O/c1-25(2,3)22-12-10-20(11-13-22)18-27(16-14-23-8-6-15-26(23)4)19-21-7-5-9-24(28)17-21/h5,7,9-13,17,23,28H,6,8,14-16,18-19H2,1-4H3/t23-/m0/s1. The van der Waals surface area contributed by atoms with Gasteiger partial charge in [-0.1, -0.05) is 57.2 Å². The summed E-state index contributed by atoms with van der Waals surface area (Å²) in [4.78, 5) is 5.03. The molecule has 1 aliphatic rings. The van der Waals surface area contributed by atoms with Crippen molar-refractivity contribution in [3.05, 3.63) is 65.2 Å². The first-order chi connectivity index (χ1) is 13.3. The number of benzene rings is 2. The molecule has 2 aromatic carbocycles. The maximum atomic E-state index is 9.83. The SMILES string of the molecule is CN1CCC[C@H]1CCN(Cc1ccc(C(C)(C)C)cc1)Cc1cccc(O)c1. The number of hydrogen-bond donors (Lipinski definition) is 1. The van der Waals surface area contributed by atoms with E-state index in [9.17, 15) is 5.11 Å². The Kier molecular flexibility index (Phi) is 6.79. The molecule has 1 heterocycles. The van der Waals surface area contributed by atoms with Crippen LogP contribution in [0.3, 0.4) is 0 Å². The minimum atomic E-state index is 0.187. The molecule has 1 atom stereocenters. The predicted molar refractivity (Wildman–Crippen MR) is 118 cm³/mol. The molecular formula is C25H36N2O. The molecule has 28 heavy (non-hydrogen) atoms. The fourth-order valence-electron chi connectivity index (χ4n) is 4.17. The molecule has 0 radical (unpaired) electrons. The molecule has 0 unspecified atom stereocenters. The van der Waals surface area contributed by atoms with Gasteiger partial charge in [0.25, 0.3) is 0 Å². The quantitative estimate of drug-likeness (QED) is 0.717. The van der Waals surface area contributed by atoms with E-state index >= 15 is 0 Å². The highest BCUT2D eigenvalue weighted by molar-refractivity contribution is 5.29. The van der Waals surface area contributed by atoms with Crippen molar-refractivity contribution in [1.82, 2.24) is 9.80 Å². The van der Waals surface area contributed by atoms with E-state index in [1.165, 1.54) is 42.5 Å². The molecule has 1 N–H and O–H groups in total. The summed E-state index contributed by atoms with van der Waals surface area (Å²) in [5.41, 5.74) is 4.09. The number of nitrogens with zero attached hydrogens (tertiary/aromatic N) is 2. The molecule has 2 aromatic rings. The Morgan fingerprint density at radius 1 is 1.04 bits per heavy atom. The van der Waals surface area contributed by atoms with Crippen molar-refractivity contribution >= 4 is 0 Å². The number of phenolic OH excluding ortho intramolecular Hbond substituents is 1. The van der Waals surface area contributed by atoms with Gasteiger partial charge in [0.2, 0.25) is 0 Å². The Morgan fingerprint density at radius 3 is 2.36 bits per heavy atom. The Morgan fingerprint density at radius 2 is 1.75 bits per heavy atom. The summed E-state index contributed by atoms with van der Waals surface area (Å²) >= 11 is 0. The fraction of sp³-hybridized carbons (Fsp3) is 0.520.